The summed E-state index contributed by atoms with van der Waals surface area (Å²) in [5.74, 6) is -0.00228. The summed E-state index contributed by atoms with van der Waals surface area (Å²) in [5, 5.41) is 15.9. The lowest BCUT2D eigenvalue weighted by Gasteiger charge is -2.19. The molecule has 38 heavy (non-hydrogen) atoms. The third kappa shape index (κ3) is 6.84. The number of carbonyl (C=O) groups excluding carboxylic acids is 1. The highest BCUT2D eigenvalue weighted by molar-refractivity contribution is 7.89. The van der Waals surface area contributed by atoms with E-state index in [2.05, 4.69) is 5.32 Å². The maximum atomic E-state index is 13.3. The first-order valence-corrected chi connectivity index (χ1v) is 13.4. The molecule has 8 nitrogen and oxygen atoms in total. The first kappa shape index (κ1) is 26.6. The van der Waals surface area contributed by atoms with Crippen LogP contribution in [0, 0.1) is 5.41 Å². The van der Waals surface area contributed by atoms with Crippen LogP contribution in [0.5, 0.6) is 5.75 Å². The SMILES string of the molecule is N=C(N)c1cccc(OC(CCc2ccccc2)C(=O)Nc2ccc(-c3ccccc3S(N)(=O)=O)cc2)c1. The molecule has 9 heteroatoms. The second-order valence-corrected chi connectivity index (χ2v) is 10.2. The first-order chi connectivity index (χ1) is 18.2. The lowest BCUT2D eigenvalue weighted by Crippen LogP contribution is -2.33. The van der Waals surface area contributed by atoms with Crippen molar-refractivity contribution in [3.05, 3.63) is 114 Å². The number of amides is 1. The Kier molecular flexibility index (Phi) is 8.20. The summed E-state index contributed by atoms with van der Waals surface area (Å²) < 4.78 is 30.0. The lowest BCUT2D eigenvalue weighted by molar-refractivity contribution is -0.123. The molecular weight excluding hydrogens is 500 g/mol. The van der Waals surface area contributed by atoms with Crippen LogP contribution in [0.3, 0.4) is 0 Å². The molecule has 4 aromatic rings. The molecule has 0 bridgehead atoms. The van der Waals surface area contributed by atoms with E-state index >= 15 is 0 Å². The zero-order chi connectivity index (χ0) is 27.1. The number of ether oxygens (including phenoxy) is 1. The van der Waals surface area contributed by atoms with E-state index in [4.69, 9.17) is 21.0 Å². The Labute approximate surface area is 221 Å². The Morgan fingerprint density at radius 3 is 2.26 bits per heavy atom. The zero-order valence-electron chi connectivity index (χ0n) is 20.5. The quantitative estimate of drug-likeness (QED) is 0.179. The summed E-state index contributed by atoms with van der Waals surface area (Å²) in [6, 6.07) is 29.8. The second-order valence-electron chi connectivity index (χ2n) is 8.68. The van der Waals surface area contributed by atoms with Gasteiger partial charge in [0.15, 0.2) is 6.10 Å². The van der Waals surface area contributed by atoms with Crippen molar-refractivity contribution in [2.45, 2.75) is 23.8 Å². The van der Waals surface area contributed by atoms with Crippen LogP contribution in [0.25, 0.3) is 11.1 Å². The zero-order valence-corrected chi connectivity index (χ0v) is 21.3. The molecule has 0 aromatic heterocycles. The number of sulfonamides is 1. The van der Waals surface area contributed by atoms with Crippen molar-refractivity contribution in [1.82, 2.24) is 0 Å². The molecule has 194 valence electrons. The number of nitrogens with two attached hydrogens (primary N) is 2. The number of amidine groups is 1. The number of nitrogen functional groups attached to an aromatic ring is 1. The second kappa shape index (κ2) is 11.7. The third-order valence-electron chi connectivity index (χ3n) is 5.91. The van der Waals surface area contributed by atoms with Crippen molar-refractivity contribution >= 4 is 27.5 Å². The fourth-order valence-corrected chi connectivity index (χ4v) is 4.76. The van der Waals surface area contributed by atoms with Gasteiger partial charge in [-0.1, -0.05) is 72.8 Å². The molecule has 1 unspecified atom stereocenters. The first-order valence-electron chi connectivity index (χ1n) is 11.9. The van der Waals surface area contributed by atoms with E-state index in [0.717, 1.165) is 5.56 Å². The topological polar surface area (TPSA) is 148 Å². The van der Waals surface area contributed by atoms with Crippen LogP contribution in [-0.4, -0.2) is 26.3 Å². The number of aryl methyl sites for hydroxylation is 1. The van der Waals surface area contributed by atoms with Gasteiger partial charge < -0.3 is 15.8 Å². The number of primary sulfonamides is 1. The molecule has 0 radical (unpaired) electrons. The van der Waals surface area contributed by atoms with Crippen LogP contribution in [0.2, 0.25) is 0 Å². The van der Waals surface area contributed by atoms with Crippen molar-refractivity contribution < 1.29 is 17.9 Å². The summed E-state index contributed by atoms with van der Waals surface area (Å²) in [7, 11) is -3.90. The molecule has 6 N–H and O–H groups in total. The Bertz CT molecular complexity index is 1540. The third-order valence-corrected chi connectivity index (χ3v) is 6.88. The minimum absolute atomic E-state index is 0.0268. The molecule has 0 saturated heterocycles. The molecule has 4 aromatic carbocycles. The van der Waals surface area contributed by atoms with Gasteiger partial charge >= 0.3 is 0 Å². The Morgan fingerprint density at radius 1 is 0.895 bits per heavy atom. The number of hydrogen-bond acceptors (Lipinski definition) is 5. The molecule has 1 atom stereocenters. The Morgan fingerprint density at radius 2 is 1.58 bits per heavy atom. The van der Waals surface area contributed by atoms with Gasteiger partial charge in [-0.05, 0) is 54.3 Å². The summed E-state index contributed by atoms with van der Waals surface area (Å²) in [6.07, 6.45) is 0.217. The van der Waals surface area contributed by atoms with Gasteiger partial charge in [-0.25, -0.2) is 13.6 Å². The highest BCUT2D eigenvalue weighted by atomic mass is 32.2. The standard InChI is InChI=1S/C29H28N4O4S/c30-28(31)22-9-6-10-24(19-22)37-26(18-13-20-7-2-1-3-8-20)29(34)33-23-16-14-21(15-17-23)25-11-4-5-12-27(25)38(32,35)36/h1-12,14-17,19,26H,13,18H2,(H3,30,31)(H,33,34)(H2,32,35,36). The van der Waals surface area contributed by atoms with E-state index in [1.807, 2.05) is 30.3 Å². The van der Waals surface area contributed by atoms with Gasteiger partial charge in [0, 0.05) is 16.8 Å². The normalized spacial score (nSPS) is 11.9. The highest BCUT2D eigenvalue weighted by Gasteiger charge is 2.21. The molecule has 0 spiro atoms. The van der Waals surface area contributed by atoms with Crippen molar-refractivity contribution in [3.8, 4) is 16.9 Å². The lowest BCUT2D eigenvalue weighted by atomic mass is 10.0. The van der Waals surface area contributed by atoms with Crippen LogP contribution in [0.1, 0.15) is 17.5 Å². The predicted octanol–water partition coefficient (Wildman–Crippen LogP) is 4.30. The molecule has 0 aliphatic rings. The van der Waals surface area contributed by atoms with Gasteiger partial charge in [0.2, 0.25) is 10.0 Å². The van der Waals surface area contributed by atoms with Crippen molar-refractivity contribution in [2.75, 3.05) is 5.32 Å². The highest BCUT2D eigenvalue weighted by Crippen LogP contribution is 2.28. The van der Waals surface area contributed by atoms with Gasteiger partial charge in [0.25, 0.3) is 5.91 Å². The molecule has 1 amide bonds. The largest absolute Gasteiger partial charge is 0.481 e. The van der Waals surface area contributed by atoms with Crippen molar-refractivity contribution in [1.29, 1.82) is 5.41 Å². The maximum Gasteiger partial charge on any atom is 0.265 e. The summed E-state index contributed by atoms with van der Waals surface area (Å²) in [5.41, 5.74) is 8.82. The van der Waals surface area contributed by atoms with Crippen LogP contribution >= 0.6 is 0 Å². The van der Waals surface area contributed by atoms with Crippen LogP contribution in [0.15, 0.2) is 108 Å². The average molecular weight is 529 g/mol. The Balaban J connectivity index is 1.53. The summed E-state index contributed by atoms with van der Waals surface area (Å²) in [4.78, 5) is 13.3. The van der Waals surface area contributed by atoms with Gasteiger partial charge in [-0.3, -0.25) is 10.2 Å². The number of carbonyl (C=O) groups is 1. The van der Waals surface area contributed by atoms with Crippen molar-refractivity contribution in [3.63, 3.8) is 0 Å². The average Bonchev–Trinajstić information content (AvgIpc) is 2.91. The minimum Gasteiger partial charge on any atom is -0.481 e. The number of hydrogen-bond donors (Lipinski definition) is 4. The fraction of sp³-hybridized carbons (Fsp3) is 0.103. The number of rotatable bonds is 10. The molecule has 0 saturated carbocycles. The number of benzene rings is 4. The monoisotopic (exact) mass is 528 g/mol. The maximum absolute atomic E-state index is 13.3. The van der Waals surface area contributed by atoms with Crippen LogP contribution < -0.4 is 20.9 Å². The van der Waals surface area contributed by atoms with Crippen molar-refractivity contribution in [2.24, 2.45) is 10.9 Å². The van der Waals surface area contributed by atoms with E-state index < -0.39 is 16.1 Å². The molecule has 4 rings (SSSR count). The smallest absolute Gasteiger partial charge is 0.265 e. The van der Waals surface area contributed by atoms with E-state index in [1.165, 1.54) is 6.07 Å². The number of nitrogens with one attached hydrogen (secondary N) is 2. The fourth-order valence-electron chi connectivity index (χ4n) is 4.00. The molecule has 0 heterocycles. The summed E-state index contributed by atoms with van der Waals surface area (Å²) in [6.45, 7) is 0. The summed E-state index contributed by atoms with van der Waals surface area (Å²) >= 11 is 0. The van der Waals surface area contributed by atoms with E-state index in [0.29, 0.717) is 41.0 Å². The molecule has 0 aliphatic carbocycles. The van der Waals surface area contributed by atoms with E-state index in [9.17, 15) is 13.2 Å². The predicted molar refractivity (Wildman–Crippen MR) is 149 cm³/mol. The van der Waals surface area contributed by atoms with Crippen LogP contribution in [-0.2, 0) is 21.2 Å². The number of anilines is 1. The van der Waals surface area contributed by atoms with E-state index in [-0.39, 0.29) is 16.6 Å². The Hall–Kier alpha value is -4.47. The minimum atomic E-state index is -3.90. The molecule has 0 fully saturated rings. The molecular formula is C29H28N4O4S. The van der Waals surface area contributed by atoms with Gasteiger partial charge in [-0.15, -0.1) is 0 Å². The van der Waals surface area contributed by atoms with Gasteiger partial charge in [-0.2, -0.15) is 0 Å². The van der Waals surface area contributed by atoms with Gasteiger partial charge in [0.1, 0.15) is 11.6 Å². The van der Waals surface area contributed by atoms with E-state index in [1.54, 1.807) is 66.7 Å². The van der Waals surface area contributed by atoms with Gasteiger partial charge in [0.05, 0.1) is 4.90 Å². The van der Waals surface area contributed by atoms with Crippen LogP contribution in [0.4, 0.5) is 5.69 Å². The molecule has 0 aliphatic heterocycles.